The van der Waals surface area contributed by atoms with Crippen LogP contribution in [0.15, 0.2) is 0 Å². The zero-order valence-corrected chi connectivity index (χ0v) is 9.13. The van der Waals surface area contributed by atoms with E-state index in [0.29, 0.717) is 11.3 Å². The van der Waals surface area contributed by atoms with Crippen molar-refractivity contribution in [3.05, 3.63) is 0 Å². The molecule has 0 atom stereocenters. The molecule has 0 aromatic carbocycles. The van der Waals surface area contributed by atoms with Gasteiger partial charge in [-0.1, -0.05) is 19.8 Å². The van der Waals surface area contributed by atoms with Crippen LogP contribution in [0.1, 0.15) is 26.7 Å². The van der Waals surface area contributed by atoms with Crippen LogP contribution in [-0.2, 0) is 0 Å². The molecule has 0 unspecified atom stereocenters. The minimum atomic E-state index is 0.386. The van der Waals surface area contributed by atoms with Gasteiger partial charge in [-0.15, -0.1) is 6.42 Å². The summed E-state index contributed by atoms with van der Waals surface area (Å²) >= 11 is 1.94. The molecule has 0 radical (unpaired) electrons. The lowest BCUT2D eigenvalue weighted by molar-refractivity contribution is 0.511. The minimum Gasteiger partial charge on any atom is -0.305 e. The molecule has 1 N–H and O–H groups in total. The molecule has 0 rings (SSSR count). The van der Waals surface area contributed by atoms with Gasteiger partial charge >= 0.3 is 0 Å². The maximum Gasteiger partial charge on any atom is 0.0574 e. The van der Waals surface area contributed by atoms with E-state index in [4.69, 9.17) is 6.42 Å². The van der Waals surface area contributed by atoms with Gasteiger partial charge < -0.3 is 5.32 Å². The van der Waals surface area contributed by atoms with E-state index in [2.05, 4.69) is 31.3 Å². The molecule has 0 aliphatic heterocycles. The fraction of sp³-hybridized carbons (Fsp3) is 0.800. The first-order valence-corrected chi connectivity index (χ1v) is 5.66. The first-order chi connectivity index (χ1) is 5.74. The maximum atomic E-state index is 5.16. The average molecular weight is 185 g/mol. The number of nitrogens with one attached hydrogen (secondary N) is 1. The van der Waals surface area contributed by atoms with Crippen LogP contribution in [0.5, 0.6) is 0 Å². The van der Waals surface area contributed by atoms with Crippen molar-refractivity contribution < 1.29 is 0 Å². The Hall–Kier alpha value is -0.130. The molecule has 1 nitrogen and oxygen atoms in total. The zero-order chi connectivity index (χ0) is 9.45. The lowest BCUT2D eigenvalue weighted by Gasteiger charge is -2.29. The van der Waals surface area contributed by atoms with E-state index in [1.165, 1.54) is 12.8 Å². The number of hydrogen-bond donors (Lipinski definition) is 1. The molecular formula is C10H19NS. The van der Waals surface area contributed by atoms with Crippen molar-refractivity contribution >= 4 is 11.8 Å². The van der Waals surface area contributed by atoms with Crippen LogP contribution in [0.4, 0.5) is 0 Å². The van der Waals surface area contributed by atoms with Gasteiger partial charge in [-0.2, -0.15) is 11.8 Å². The third kappa shape index (κ3) is 3.51. The zero-order valence-electron chi connectivity index (χ0n) is 8.31. The standard InChI is InChI=1S/C10H19NS/c1-5-8-11-9-10(6-2,7-3)12-4/h1,11H,6-9H2,2-4H3. The summed E-state index contributed by atoms with van der Waals surface area (Å²) in [5.74, 6) is 2.59. The number of terminal acetylenes is 1. The summed E-state index contributed by atoms with van der Waals surface area (Å²) in [6.07, 6.45) is 9.73. The predicted molar refractivity (Wildman–Crippen MR) is 58.5 cm³/mol. The van der Waals surface area contributed by atoms with Gasteiger partial charge in [0.25, 0.3) is 0 Å². The summed E-state index contributed by atoms with van der Waals surface area (Å²) in [6, 6.07) is 0. The van der Waals surface area contributed by atoms with E-state index in [1.807, 2.05) is 11.8 Å². The van der Waals surface area contributed by atoms with Gasteiger partial charge in [0.2, 0.25) is 0 Å². The Morgan fingerprint density at radius 1 is 1.42 bits per heavy atom. The molecule has 0 amide bonds. The van der Waals surface area contributed by atoms with E-state index < -0.39 is 0 Å². The summed E-state index contributed by atoms with van der Waals surface area (Å²) < 4.78 is 0.386. The Morgan fingerprint density at radius 3 is 2.33 bits per heavy atom. The fourth-order valence-electron chi connectivity index (χ4n) is 1.22. The lowest BCUT2D eigenvalue weighted by atomic mass is 10.0. The third-order valence-corrected chi connectivity index (χ3v) is 3.98. The molecule has 2 heteroatoms. The molecule has 0 fully saturated rings. The highest BCUT2D eigenvalue weighted by atomic mass is 32.2. The van der Waals surface area contributed by atoms with Crippen molar-refractivity contribution in [1.82, 2.24) is 5.32 Å². The second-order valence-corrected chi connectivity index (χ2v) is 4.18. The molecule has 0 bridgehead atoms. The second kappa shape index (κ2) is 6.39. The minimum absolute atomic E-state index is 0.386. The van der Waals surface area contributed by atoms with Crippen molar-refractivity contribution in [2.24, 2.45) is 0 Å². The quantitative estimate of drug-likeness (QED) is 0.502. The predicted octanol–water partition coefficient (Wildman–Crippen LogP) is 2.13. The third-order valence-electron chi connectivity index (χ3n) is 2.40. The van der Waals surface area contributed by atoms with Crippen molar-refractivity contribution in [3.8, 4) is 12.3 Å². The maximum absolute atomic E-state index is 5.16. The van der Waals surface area contributed by atoms with Crippen LogP contribution >= 0.6 is 11.8 Å². The molecule has 0 saturated heterocycles. The summed E-state index contributed by atoms with van der Waals surface area (Å²) in [4.78, 5) is 0. The van der Waals surface area contributed by atoms with Crippen molar-refractivity contribution in [3.63, 3.8) is 0 Å². The highest BCUT2D eigenvalue weighted by Crippen LogP contribution is 2.29. The Bertz CT molecular complexity index is 136. The van der Waals surface area contributed by atoms with Crippen LogP contribution in [-0.4, -0.2) is 24.1 Å². The molecular weight excluding hydrogens is 166 g/mol. The van der Waals surface area contributed by atoms with E-state index in [1.54, 1.807) is 0 Å². The Labute approximate surface area is 80.7 Å². The molecule has 70 valence electrons. The average Bonchev–Trinajstić information content (AvgIpc) is 2.14. The van der Waals surface area contributed by atoms with Crippen LogP contribution < -0.4 is 5.32 Å². The molecule has 0 spiro atoms. The summed E-state index contributed by atoms with van der Waals surface area (Å²) in [5, 5.41) is 3.27. The van der Waals surface area contributed by atoms with Gasteiger partial charge in [0, 0.05) is 11.3 Å². The highest BCUT2D eigenvalue weighted by Gasteiger charge is 2.23. The van der Waals surface area contributed by atoms with Crippen LogP contribution in [0, 0.1) is 12.3 Å². The number of hydrogen-bond acceptors (Lipinski definition) is 2. The molecule has 0 aromatic heterocycles. The van der Waals surface area contributed by atoms with Crippen LogP contribution in [0.25, 0.3) is 0 Å². The van der Waals surface area contributed by atoms with Gasteiger partial charge in [0.05, 0.1) is 6.54 Å². The first-order valence-electron chi connectivity index (χ1n) is 4.44. The van der Waals surface area contributed by atoms with Gasteiger partial charge in [-0.05, 0) is 19.1 Å². The second-order valence-electron chi connectivity index (χ2n) is 2.90. The van der Waals surface area contributed by atoms with E-state index >= 15 is 0 Å². The Kier molecular flexibility index (Phi) is 6.32. The lowest BCUT2D eigenvalue weighted by Crippen LogP contribution is -2.36. The smallest absolute Gasteiger partial charge is 0.0574 e. The molecule has 0 aliphatic carbocycles. The Morgan fingerprint density at radius 2 is 2.00 bits per heavy atom. The fourth-order valence-corrected chi connectivity index (χ4v) is 2.05. The highest BCUT2D eigenvalue weighted by molar-refractivity contribution is 8.00. The largest absolute Gasteiger partial charge is 0.305 e. The number of thioether (sulfide) groups is 1. The van der Waals surface area contributed by atoms with Crippen LogP contribution in [0.3, 0.4) is 0 Å². The summed E-state index contributed by atoms with van der Waals surface area (Å²) in [5.41, 5.74) is 0. The summed E-state index contributed by atoms with van der Waals surface area (Å²) in [7, 11) is 0. The molecule has 0 aromatic rings. The van der Waals surface area contributed by atoms with Crippen molar-refractivity contribution in [2.45, 2.75) is 31.4 Å². The van der Waals surface area contributed by atoms with Gasteiger partial charge in [0.15, 0.2) is 0 Å². The van der Waals surface area contributed by atoms with Gasteiger partial charge in [0.1, 0.15) is 0 Å². The molecule has 0 aliphatic rings. The van der Waals surface area contributed by atoms with E-state index in [0.717, 1.165) is 6.54 Å². The van der Waals surface area contributed by atoms with Gasteiger partial charge in [-0.25, -0.2) is 0 Å². The topological polar surface area (TPSA) is 12.0 Å². The van der Waals surface area contributed by atoms with Crippen molar-refractivity contribution in [1.29, 1.82) is 0 Å². The van der Waals surface area contributed by atoms with Gasteiger partial charge in [-0.3, -0.25) is 0 Å². The first kappa shape index (κ1) is 11.9. The molecule has 0 saturated carbocycles. The summed E-state index contributed by atoms with van der Waals surface area (Å²) in [6.45, 7) is 6.17. The molecule has 12 heavy (non-hydrogen) atoms. The van der Waals surface area contributed by atoms with E-state index in [-0.39, 0.29) is 0 Å². The SMILES string of the molecule is C#CCNCC(CC)(CC)SC. The van der Waals surface area contributed by atoms with Crippen molar-refractivity contribution in [2.75, 3.05) is 19.3 Å². The Balaban J connectivity index is 3.86. The van der Waals surface area contributed by atoms with Crippen LogP contribution in [0.2, 0.25) is 0 Å². The monoisotopic (exact) mass is 185 g/mol. The number of rotatable bonds is 6. The van der Waals surface area contributed by atoms with E-state index in [9.17, 15) is 0 Å². The normalized spacial score (nSPS) is 11.2. The molecule has 0 heterocycles.